The Morgan fingerprint density at radius 2 is 1.39 bits per heavy atom. The number of ether oxygens (including phenoxy) is 2. The third-order valence-corrected chi connectivity index (χ3v) is 2.63. The quantitative estimate of drug-likeness (QED) is 0.691. The van der Waals surface area contributed by atoms with Crippen LogP contribution in [0.4, 0.5) is 0 Å². The maximum absolute atomic E-state index is 11.7. The van der Waals surface area contributed by atoms with Crippen molar-refractivity contribution < 1.29 is 19.1 Å². The maximum atomic E-state index is 11.7. The molecule has 1 aromatic heterocycles. The first-order valence-corrected chi connectivity index (χ1v) is 6.90. The molecule has 0 aliphatic carbocycles. The second-order valence-electron chi connectivity index (χ2n) is 3.95. The maximum Gasteiger partial charge on any atom is 0.331 e. The summed E-state index contributed by atoms with van der Waals surface area (Å²) in [5, 5.41) is 17.8. The van der Waals surface area contributed by atoms with Crippen molar-refractivity contribution in [3.05, 3.63) is 16.9 Å². The predicted octanol–water partition coefficient (Wildman–Crippen LogP) is 0.866. The lowest BCUT2D eigenvalue weighted by molar-refractivity contribution is -0.144. The Kier molecular flexibility index (Phi) is 6.84. The average molecular weight is 338 g/mol. The van der Waals surface area contributed by atoms with Gasteiger partial charge in [-0.25, -0.2) is 15.0 Å². The van der Waals surface area contributed by atoms with Crippen molar-refractivity contribution in [3.63, 3.8) is 0 Å². The summed E-state index contributed by atoms with van der Waals surface area (Å²) < 4.78 is 9.48. The molecule has 0 radical (unpaired) electrons. The molecule has 120 valence electrons. The highest BCUT2D eigenvalue weighted by atomic mass is 35.5. The summed E-state index contributed by atoms with van der Waals surface area (Å²) in [7, 11) is 0. The molecule has 0 aliphatic rings. The van der Waals surface area contributed by atoms with Crippen molar-refractivity contribution in [1.29, 1.82) is 10.5 Å². The number of hydrogen-bond acceptors (Lipinski definition) is 9. The molecule has 9 nitrogen and oxygen atoms in total. The summed E-state index contributed by atoms with van der Waals surface area (Å²) in [6, 6.07) is 3.37. The van der Waals surface area contributed by atoms with Gasteiger partial charge in [-0.15, -0.1) is 0 Å². The van der Waals surface area contributed by atoms with Crippen molar-refractivity contribution in [2.75, 3.05) is 13.2 Å². The fraction of sp³-hybridized carbons (Fsp3) is 0.462. The molecule has 23 heavy (non-hydrogen) atoms. The van der Waals surface area contributed by atoms with Gasteiger partial charge in [0.1, 0.15) is 0 Å². The van der Waals surface area contributed by atoms with Crippen LogP contribution >= 0.6 is 11.6 Å². The van der Waals surface area contributed by atoms with Crippen molar-refractivity contribution >= 4 is 23.5 Å². The zero-order valence-corrected chi connectivity index (χ0v) is 13.1. The van der Waals surface area contributed by atoms with E-state index in [1.165, 1.54) is 0 Å². The molecule has 1 heterocycles. The predicted molar refractivity (Wildman–Crippen MR) is 74.8 cm³/mol. The highest BCUT2D eigenvalue weighted by molar-refractivity contribution is 6.28. The minimum absolute atomic E-state index is 0.0618. The molecule has 0 aliphatic heterocycles. The lowest BCUT2D eigenvalue weighted by Crippen LogP contribution is -2.22. The van der Waals surface area contributed by atoms with Crippen molar-refractivity contribution in [3.8, 4) is 12.1 Å². The van der Waals surface area contributed by atoms with E-state index in [0.717, 1.165) is 0 Å². The van der Waals surface area contributed by atoms with Gasteiger partial charge in [0, 0.05) is 0 Å². The van der Waals surface area contributed by atoms with Gasteiger partial charge in [0.05, 0.1) is 25.4 Å². The summed E-state index contributed by atoms with van der Waals surface area (Å²) in [4.78, 5) is 34.7. The molecule has 0 saturated heterocycles. The van der Waals surface area contributed by atoms with Gasteiger partial charge < -0.3 is 9.47 Å². The van der Waals surface area contributed by atoms with Crippen LogP contribution in [0.3, 0.4) is 0 Å². The van der Waals surface area contributed by atoms with Crippen LogP contribution in [-0.2, 0) is 19.1 Å². The third kappa shape index (κ3) is 4.59. The molecule has 0 fully saturated rings. The highest BCUT2D eigenvalue weighted by Gasteiger charge is 2.30. The monoisotopic (exact) mass is 337 g/mol. The van der Waals surface area contributed by atoms with Crippen LogP contribution in [0.5, 0.6) is 0 Å². The molecule has 0 bridgehead atoms. The van der Waals surface area contributed by atoms with E-state index in [4.69, 9.17) is 31.6 Å². The SMILES string of the molecule is CCOC(=O)C(C#N)c1nc(Cl)nc(C(C#N)C(=O)OCC)n1. The second-order valence-corrected chi connectivity index (χ2v) is 4.29. The van der Waals surface area contributed by atoms with Crippen LogP contribution in [0, 0.1) is 22.7 Å². The fourth-order valence-corrected chi connectivity index (χ4v) is 1.70. The lowest BCUT2D eigenvalue weighted by Gasteiger charge is -2.11. The summed E-state index contributed by atoms with van der Waals surface area (Å²) in [5.41, 5.74) is 0. The zero-order chi connectivity index (χ0) is 17.4. The molecule has 0 N–H and O–H groups in total. The molecule has 2 atom stereocenters. The van der Waals surface area contributed by atoms with Gasteiger partial charge in [0.2, 0.25) is 17.1 Å². The Morgan fingerprint density at radius 1 is 1.00 bits per heavy atom. The number of carbonyl (C=O) groups is 2. The minimum atomic E-state index is -1.45. The van der Waals surface area contributed by atoms with E-state index in [1.807, 2.05) is 0 Å². The average Bonchev–Trinajstić information content (AvgIpc) is 2.49. The van der Waals surface area contributed by atoms with Crippen LogP contribution in [0.2, 0.25) is 5.28 Å². The van der Waals surface area contributed by atoms with E-state index in [0.29, 0.717) is 0 Å². The second kappa shape index (κ2) is 8.61. The summed E-state index contributed by atoms with van der Waals surface area (Å²) in [6.45, 7) is 3.27. The molecule has 0 saturated carbocycles. The van der Waals surface area contributed by atoms with Crippen LogP contribution in [-0.4, -0.2) is 40.1 Å². The lowest BCUT2D eigenvalue weighted by atomic mass is 10.1. The summed E-state index contributed by atoms with van der Waals surface area (Å²) in [5.74, 6) is -5.23. The van der Waals surface area contributed by atoms with E-state index >= 15 is 0 Å². The Bertz CT molecular complexity index is 628. The molecule has 0 spiro atoms. The molecular formula is C13H12ClN5O4. The van der Waals surface area contributed by atoms with Gasteiger partial charge in [-0.05, 0) is 25.4 Å². The van der Waals surface area contributed by atoms with E-state index in [-0.39, 0.29) is 30.1 Å². The number of nitriles is 2. The van der Waals surface area contributed by atoms with Crippen LogP contribution < -0.4 is 0 Å². The van der Waals surface area contributed by atoms with Gasteiger partial charge in [0.15, 0.2) is 11.6 Å². The molecule has 1 aromatic rings. The molecule has 10 heteroatoms. The van der Waals surface area contributed by atoms with E-state index < -0.39 is 23.8 Å². The number of hydrogen-bond donors (Lipinski definition) is 0. The first-order chi connectivity index (χ1) is 11.0. The number of nitrogens with zero attached hydrogens (tertiary/aromatic N) is 5. The van der Waals surface area contributed by atoms with E-state index in [2.05, 4.69) is 15.0 Å². The topological polar surface area (TPSA) is 139 Å². The van der Waals surface area contributed by atoms with Crippen molar-refractivity contribution in [2.45, 2.75) is 25.7 Å². The fourth-order valence-electron chi connectivity index (χ4n) is 1.52. The van der Waals surface area contributed by atoms with Crippen LogP contribution in [0.1, 0.15) is 37.3 Å². The number of rotatable bonds is 6. The molecular weight excluding hydrogens is 326 g/mol. The summed E-state index contributed by atoms with van der Waals surface area (Å²) >= 11 is 5.73. The molecule has 2 unspecified atom stereocenters. The Morgan fingerprint density at radius 3 is 1.70 bits per heavy atom. The minimum Gasteiger partial charge on any atom is -0.465 e. The third-order valence-electron chi connectivity index (χ3n) is 2.46. The Hall–Kier alpha value is -2.78. The smallest absolute Gasteiger partial charge is 0.331 e. The summed E-state index contributed by atoms with van der Waals surface area (Å²) in [6.07, 6.45) is 0. The van der Waals surface area contributed by atoms with Crippen LogP contribution in [0.15, 0.2) is 0 Å². The first-order valence-electron chi connectivity index (χ1n) is 6.52. The first kappa shape index (κ1) is 18.3. The van der Waals surface area contributed by atoms with Gasteiger partial charge >= 0.3 is 11.9 Å². The Labute approximate surface area is 136 Å². The van der Waals surface area contributed by atoms with E-state index in [9.17, 15) is 9.59 Å². The highest BCUT2D eigenvalue weighted by Crippen LogP contribution is 2.19. The Balaban J connectivity index is 3.26. The van der Waals surface area contributed by atoms with Crippen LogP contribution in [0.25, 0.3) is 0 Å². The number of esters is 2. The van der Waals surface area contributed by atoms with Gasteiger partial charge in [-0.2, -0.15) is 10.5 Å². The van der Waals surface area contributed by atoms with Gasteiger partial charge in [-0.3, -0.25) is 9.59 Å². The van der Waals surface area contributed by atoms with Crippen molar-refractivity contribution in [2.24, 2.45) is 0 Å². The normalized spacial score (nSPS) is 12.4. The standard InChI is InChI=1S/C13H12ClN5O4/c1-3-22-11(20)7(5-15)9-17-10(19-13(14)18-9)8(6-16)12(21)23-4-2/h7-8H,3-4H2,1-2H3. The molecule has 1 rings (SSSR count). The zero-order valence-electron chi connectivity index (χ0n) is 12.3. The van der Waals surface area contributed by atoms with Crippen molar-refractivity contribution in [1.82, 2.24) is 15.0 Å². The van der Waals surface area contributed by atoms with Gasteiger partial charge in [0.25, 0.3) is 0 Å². The molecule has 0 aromatic carbocycles. The largest absolute Gasteiger partial charge is 0.465 e. The van der Waals surface area contributed by atoms with Gasteiger partial charge in [-0.1, -0.05) is 0 Å². The number of halogens is 1. The van der Waals surface area contributed by atoms with E-state index in [1.54, 1.807) is 26.0 Å². The number of carbonyl (C=O) groups excluding carboxylic acids is 2. The molecule has 0 amide bonds. The number of aromatic nitrogens is 3.